The van der Waals surface area contributed by atoms with E-state index in [4.69, 9.17) is 0 Å². The minimum absolute atomic E-state index is 0.0254. The monoisotopic (exact) mass is 289 g/mol. The lowest BCUT2D eigenvalue weighted by Gasteiger charge is -2.31. The number of nitrogens with one attached hydrogen (secondary N) is 1. The lowest BCUT2D eigenvalue weighted by molar-refractivity contribution is 0.168. The maximum Gasteiger partial charge on any atom is 0.139 e. The van der Waals surface area contributed by atoms with Gasteiger partial charge in [-0.2, -0.15) is 0 Å². The predicted molar refractivity (Wildman–Crippen MR) is 75.5 cm³/mol. The van der Waals surface area contributed by atoms with Crippen molar-refractivity contribution in [2.75, 3.05) is 13.2 Å². The maximum atomic E-state index is 13.5. The number of aliphatic hydroxyl groups excluding tert-OH is 1. The van der Waals surface area contributed by atoms with Crippen LogP contribution in [0.3, 0.4) is 0 Å². The topological polar surface area (TPSA) is 32.3 Å². The van der Waals surface area contributed by atoms with Crippen molar-refractivity contribution in [2.45, 2.75) is 42.9 Å². The van der Waals surface area contributed by atoms with Crippen LogP contribution in [0.1, 0.15) is 27.2 Å². The number of likely N-dealkylation sites (N-methyl/N-ethyl adjacent to an activating group) is 1. The molecule has 2 unspecified atom stereocenters. The van der Waals surface area contributed by atoms with Crippen LogP contribution in [0.5, 0.6) is 0 Å². The number of aliphatic hydroxyl groups is 1. The van der Waals surface area contributed by atoms with E-state index < -0.39 is 11.6 Å². The summed E-state index contributed by atoms with van der Waals surface area (Å²) in [5.74, 6) is -1.10. The predicted octanol–water partition coefficient (Wildman–Crippen LogP) is 3.20. The third kappa shape index (κ3) is 5.09. The van der Waals surface area contributed by atoms with E-state index in [-0.39, 0.29) is 17.4 Å². The van der Waals surface area contributed by atoms with Crippen LogP contribution in [0.4, 0.5) is 8.78 Å². The van der Waals surface area contributed by atoms with Crippen molar-refractivity contribution < 1.29 is 13.9 Å². The Morgan fingerprint density at radius 3 is 2.63 bits per heavy atom. The number of rotatable bonds is 7. The SMILES string of the molecule is CCNC(C)(CO)CC(C)Sc1ccc(F)cc1F. The van der Waals surface area contributed by atoms with Gasteiger partial charge in [0.1, 0.15) is 11.6 Å². The summed E-state index contributed by atoms with van der Waals surface area (Å²) in [6.07, 6.45) is 0.693. The summed E-state index contributed by atoms with van der Waals surface area (Å²) in [6, 6.07) is 3.60. The van der Waals surface area contributed by atoms with E-state index >= 15 is 0 Å². The van der Waals surface area contributed by atoms with Gasteiger partial charge in [-0.15, -0.1) is 11.8 Å². The van der Waals surface area contributed by atoms with Gasteiger partial charge in [0, 0.05) is 21.8 Å². The second-order valence-electron chi connectivity index (χ2n) is 4.96. The summed E-state index contributed by atoms with van der Waals surface area (Å²) in [5.41, 5.74) is -0.377. The van der Waals surface area contributed by atoms with Crippen LogP contribution < -0.4 is 5.32 Å². The molecule has 19 heavy (non-hydrogen) atoms. The smallest absolute Gasteiger partial charge is 0.139 e. The molecule has 0 spiro atoms. The van der Waals surface area contributed by atoms with Crippen molar-refractivity contribution in [2.24, 2.45) is 0 Å². The molecule has 0 aliphatic heterocycles. The summed E-state index contributed by atoms with van der Waals surface area (Å²) >= 11 is 1.35. The quantitative estimate of drug-likeness (QED) is 0.756. The molecule has 0 aromatic heterocycles. The molecule has 0 aliphatic rings. The summed E-state index contributed by atoms with van der Waals surface area (Å²) in [6.45, 7) is 6.68. The Hall–Kier alpha value is -0.650. The molecule has 0 saturated carbocycles. The Bertz CT molecular complexity index is 416. The van der Waals surface area contributed by atoms with E-state index in [9.17, 15) is 13.9 Å². The molecule has 0 amide bonds. The van der Waals surface area contributed by atoms with Gasteiger partial charge in [-0.05, 0) is 32.0 Å². The molecule has 1 aromatic carbocycles. The lowest BCUT2D eigenvalue weighted by atomic mass is 9.97. The van der Waals surface area contributed by atoms with Crippen LogP contribution in [0, 0.1) is 11.6 Å². The largest absolute Gasteiger partial charge is 0.394 e. The van der Waals surface area contributed by atoms with Crippen LogP contribution >= 0.6 is 11.8 Å². The van der Waals surface area contributed by atoms with Crippen LogP contribution in [0.25, 0.3) is 0 Å². The maximum absolute atomic E-state index is 13.5. The molecular formula is C14H21F2NOS. The van der Waals surface area contributed by atoms with Gasteiger partial charge in [0.25, 0.3) is 0 Å². The fourth-order valence-corrected chi connectivity index (χ4v) is 3.29. The van der Waals surface area contributed by atoms with Crippen molar-refractivity contribution in [1.82, 2.24) is 5.32 Å². The Morgan fingerprint density at radius 1 is 1.42 bits per heavy atom. The highest BCUT2D eigenvalue weighted by atomic mass is 32.2. The average molecular weight is 289 g/mol. The van der Waals surface area contributed by atoms with Crippen LogP contribution in [0.2, 0.25) is 0 Å². The normalized spacial score (nSPS) is 16.1. The molecule has 0 saturated heterocycles. The van der Waals surface area contributed by atoms with Gasteiger partial charge < -0.3 is 10.4 Å². The van der Waals surface area contributed by atoms with Crippen LogP contribution in [-0.4, -0.2) is 29.0 Å². The van der Waals surface area contributed by atoms with Crippen molar-refractivity contribution in [3.63, 3.8) is 0 Å². The fraction of sp³-hybridized carbons (Fsp3) is 0.571. The highest BCUT2D eigenvalue weighted by Crippen LogP contribution is 2.30. The molecule has 0 heterocycles. The molecule has 2 nitrogen and oxygen atoms in total. The van der Waals surface area contributed by atoms with Gasteiger partial charge in [-0.1, -0.05) is 13.8 Å². The highest BCUT2D eigenvalue weighted by molar-refractivity contribution is 8.00. The van der Waals surface area contributed by atoms with Gasteiger partial charge in [0.15, 0.2) is 0 Å². The highest BCUT2D eigenvalue weighted by Gasteiger charge is 2.25. The van der Waals surface area contributed by atoms with Gasteiger partial charge in [0.2, 0.25) is 0 Å². The Balaban J connectivity index is 2.66. The minimum Gasteiger partial charge on any atom is -0.394 e. The van der Waals surface area contributed by atoms with Crippen molar-refractivity contribution in [3.8, 4) is 0 Å². The number of thioether (sulfide) groups is 1. The zero-order valence-corrected chi connectivity index (χ0v) is 12.4. The van der Waals surface area contributed by atoms with Crippen LogP contribution in [0.15, 0.2) is 23.1 Å². The van der Waals surface area contributed by atoms with Crippen molar-refractivity contribution in [3.05, 3.63) is 29.8 Å². The Morgan fingerprint density at radius 2 is 2.11 bits per heavy atom. The van der Waals surface area contributed by atoms with E-state index in [1.807, 2.05) is 20.8 Å². The van der Waals surface area contributed by atoms with E-state index in [0.29, 0.717) is 11.3 Å². The van der Waals surface area contributed by atoms with E-state index in [1.54, 1.807) is 0 Å². The van der Waals surface area contributed by atoms with E-state index in [0.717, 1.165) is 12.6 Å². The second-order valence-corrected chi connectivity index (χ2v) is 6.44. The molecule has 1 aromatic rings. The molecule has 2 N–H and O–H groups in total. The lowest BCUT2D eigenvalue weighted by Crippen LogP contribution is -2.47. The third-order valence-corrected chi connectivity index (χ3v) is 4.07. The van der Waals surface area contributed by atoms with Crippen molar-refractivity contribution in [1.29, 1.82) is 0 Å². The van der Waals surface area contributed by atoms with Crippen LogP contribution in [-0.2, 0) is 0 Å². The first-order valence-corrected chi connectivity index (χ1v) is 7.26. The van der Waals surface area contributed by atoms with Crippen molar-refractivity contribution >= 4 is 11.8 Å². The van der Waals surface area contributed by atoms with Gasteiger partial charge in [-0.3, -0.25) is 0 Å². The average Bonchev–Trinajstić information content (AvgIpc) is 2.33. The zero-order chi connectivity index (χ0) is 14.5. The molecule has 5 heteroatoms. The Kier molecular flexibility index (Phi) is 6.23. The molecular weight excluding hydrogens is 268 g/mol. The number of hydrogen-bond donors (Lipinski definition) is 2. The van der Waals surface area contributed by atoms with Gasteiger partial charge in [0.05, 0.1) is 6.61 Å². The van der Waals surface area contributed by atoms with E-state index in [1.165, 1.54) is 23.9 Å². The standard InChI is InChI=1S/C14H21F2NOS/c1-4-17-14(3,9-18)8-10(2)19-13-6-5-11(15)7-12(13)16/h5-7,10,17-18H,4,8-9H2,1-3H3. The summed E-state index contributed by atoms with van der Waals surface area (Å²) < 4.78 is 26.4. The summed E-state index contributed by atoms with van der Waals surface area (Å²) in [5, 5.41) is 12.8. The molecule has 0 fully saturated rings. The molecule has 0 radical (unpaired) electrons. The molecule has 0 aliphatic carbocycles. The third-order valence-electron chi connectivity index (χ3n) is 2.91. The Labute approximate surface area is 117 Å². The molecule has 2 atom stereocenters. The minimum atomic E-state index is -0.567. The summed E-state index contributed by atoms with van der Waals surface area (Å²) in [7, 11) is 0. The molecule has 1 rings (SSSR count). The number of benzene rings is 1. The fourth-order valence-electron chi connectivity index (χ4n) is 2.08. The first kappa shape index (κ1) is 16.4. The van der Waals surface area contributed by atoms with E-state index in [2.05, 4.69) is 5.32 Å². The molecule has 108 valence electrons. The van der Waals surface area contributed by atoms with Gasteiger partial charge in [-0.25, -0.2) is 8.78 Å². The second kappa shape index (κ2) is 7.22. The zero-order valence-electron chi connectivity index (χ0n) is 11.5. The molecule has 0 bridgehead atoms. The first-order valence-electron chi connectivity index (χ1n) is 6.38. The number of hydrogen-bond acceptors (Lipinski definition) is 3. The number of halogens is 2. The first-order chi connectivity index (χ1) is 8.90. The summed E-state index contributed by atoms with van der Waals surface area (Å²) in [4.78, 5) is 0.436. The van der Waals surface area contributed by atoms with Gasteiger partial charge >= 0.3 is 0 Å².